The standard InChI is InChI=1S/C23H27F2N2O3P/c1-15-5-6-21-19(11-15)17(7-9-26(3)4)14-27(21)31(28)29-10-8-22(30-31)18-12-16(2)23(25)20(24)13-18/h5-6,11-14,22H,7-10H2,1-4H3. The minimum absolute atomic E-state index is 0.188. The Balaban J connectivity index is 1.74. The molecular formula is C23H27F2N2O3P. The molecule has 2 aromatic carbocycles. The third-order valence-corrected chi connectivity index (χ3v) is 7.50. The van der Waals surface area contributed by atoms with Crippen molar-refractivity contribution in [1.29, 1.82) is 0 Å². The average molecular weight is 448 g/mol. The monoisotopic (exact) mass is 448 g/mol. The molecule has 0 amide bonds. The van der Waals surface area contributed by atoms with E-state index in [1.807, 2.05) is 39.3 Å². The lowest BCUT2D eigenvalue weighted by molar-refractivity contribution is 0.0768. The number of likely N-dealkylation sites (N-methyl/N-ethyl adjacent to an activating group) is 1. The van der Waals surface area contributed by atoms with Gasteiger partial charge in [-0.05, 0) is 69.3 Å². The molecule has 0 spiro atoms. The van der Waals surface area contributed by atoms with E-state index in [4.69, 9.17) is 9.05 Å². The molecule has 1 saturated heterocycles. The molecule has 0 saturated carbocycles. The quantitative estimate of drug-likeness (QED) is 0.465. The number of benzene rings is 2. The van der Waals surface area contributed by atoms with Gasteiger partial charge in [0.05, 0.1) is 18.2 Å². The summed E-state index contributed by atoms with van der Waals surface area (Å²) < 4.78 is 54.8. The highest BCUT2D eigenvalue weighted by Crippen LogP contribution is 2.58. The van der Waals surface area contributed by atoms with Gasteiger partial charge in [-0.25, -0.2) is 13.3 Å². The van der Waals surface area contributed by atoms with E-state index in [1.54, 1.807) is 10.4 Å². The Bertz CT molecular complexity index is 1150. The van der Waals surface area contributed by atoms with Gasteiger partial charge in [-0.2, -0.15) is 0 Å². The van der Waals surface area contributed by atoms with Crippen molar-refractivity contribution in [3.05, 3.63) is 70.4 Å². The SMILES string of the molecule is Cc1ccc2c(c1)c(CCN(C)C)cn2P1(=O)OCCC(c2cc(C)c(F)c(F)c2)O1. The molecule has 1 aliphatic rings. The third kappa shape index (κ3) is 4.33. The molecule has 1 aliphatic heterocycles. The fourth-order valence-electron chi connectivity index (χ4n) is 3.94. The predicted octanol–water partition coefficient (Wildman–Crippen LogP) is 5.77. The molecule has 0 aliphatic carbocycles. The first-order chi connectivity index (χ1) is 14.7. The predicted molar refractivity (Wildman–Crippen MR) is 117 cm³/mol. The average Bonchev–Trinajstić information content (AvgIpc) is 3.08. The normalized spacial score (nSPS) is 21.8. The Morgan fingerprint density at radius 1 is 1.19 bits per heavy atom. The zero-order valence-electron chi connectivity index (χ0n) is 18.2. The van der Waals surface area contributed by atoms with Gasteiger partial charge in [0.15, 0.2) is 11.6 Å². The number of nitrogens with zero attached hydrogens (tertiary/aromatic N) is 2. The van der Waals surface area contributed by atoms with Crippen LogP contribution < -0.4 is 0 Å². The summed E-state index contributed by atoms with van der Waals surface area (Å²) in [5.41, 5.74) is 3.58. The minimum Gasteiger partial charge on any atom is -0.309 e. The van der Waals surface area contributed by atoms with Crippen LogP contribution >= 0.6 is 7.75 Å². The molecule has 31 heavy (non-hydrogen) atoms. The van der Waals surface area contributed by atoms with Crippen LogP contribution in [0, 0.1) is 25.5 Å². The summed E-state index contributed by atoms with van der Waals surface area (Å²) >= 11 is 0. The van der Waals surface area contributed by atoms with Gasteiger partial charge in [0.2, 0.25) is 0 Å². The lowest BCUT2D eigenvalue weighted by Crippen LogP contribution is -2.18. The van der Waals surface area contributed by atoms with E-state index in [0.29, 0.717) is 12.0 Å². The van der Waals surface area contributed by atoms with Gasteiger partial charge in [-0.15, -0.1) is 0 Å². The van der Waals surface area contributed by atoms with Gasteiger partial charge in [0.25, 0.3) is 0 Å². The summed E-state index contributed by atoms with van der Waals surface area (Å²) in [5.74, 6) is -1.82. The zero-order chi connectivity index (χ0) is 22.3. The molecule has 1 aromatic heterocycles. The first kappa shape index (κ1) is 22.2. The lowest BCUT2D eigenvalue weighted by Gasteiger charge is -2.31. The number of aromatic nitrogens is 1. The first-order valence-corrected chi connectivity index (χ1v) is 11.8. The molecule has 1 fully saturated rings. The number of hydrogen-bond acceptors (Lipinski definition) is 4. The van der Waals surface area contributed by atoms with E-state index in [9.17, 15) is 13.3 Å². The second kappa shape index (κ2) is 8.47. The fourth-order valence-corrected chi connectivity index (χ4v) is 5.83. The largest absolute Gasteiger partial charge is 0.439 e. The maximum absolute atomic E-state index is 14.0. The number of rotatable bonds is 5. The molecular weight excluding hydrogens is 421 g/mol. The Morgan fingerprint density at radius 3 is 2.68 bits per heavy atom. The van der Waals surface area contributed by atoms with E-state index in [2.05, 4.69) is 11.0 Å². The van der Waals surface area contributed by atoms with Crippen LogP contribution in [0.4, 0.5) is 8.78 Å². The Morgan fingerprint density at radius 2 is 1.97 bits per heavy atom. The van der Waals surface area contributed by atoms with Crippen LogP contribution in [0.5, 0.6) is 0 Å². The van der Waals surface area contributed by atoms with Crippen molar-refractivity contribution in [3.8, 4) is 0 Å². The molecule has 2 unspecified atom stereocenters. The van der Waals surface area contributed by atoms with E-state index in [-0.39, 0.29) is 12.2 Å². The van der Waals surface area contributed by atoms with Crippen molar-refractivity contribution in [2.75, 3.05) is 27.2 Å². The molecule has 0 N–H and O–H groups in total. The molecule has 0 radical (unpaired) electrons. The smallest absolute Gasteiger partial charge is 0.309 e. The molecule has 2 atom stereocenters. The van der Waals surface area contributed by atoms with E-state index < -0.39 is 25.5 Å². The summed E-state index contributed by atoms with van der Waals surface area (Å²) in [6.45, 7) is 4.55. The number of aryl methyl sites for hydroxylation is 2. The van der Waals surface area contributed by atoms with Gasteiger partial charge >= 0.3 is 7.75 Å². The second-order valence-electron chi connectivity index (χ2n) is 8.39. The first-order valence-electron chi connectivity index (χ1n) is 10.3. The summed E-state index contributed by atoms with van der Waals surface area (Å²) in [5, 5.41) is 1.01. The maximum atomic E-state index is 14.0. The second-order valence-corrected chi connectivity index (χ2v) is 10.2. The van der Waals surface area contributed by atoms with Crippen LogP contribution in [0.1, 0.15) is 34.8 Å². The van der Waals surface area contributed by atoms with Crippen molar-refractivity contribution in [2.45, 2.75) is 32.8 Å². The highest BCUT2D eigenvalue weighted by molar-refractivity contribution is 7.52. The van der Waals surface area contributed by atoms with Crippen LogP contribution in [0.15, 0.2) is 36.5 Å². The Hall–Kier alpha value is -2.05. The minimum atomic E-state index is -3.73. The van der Waals surface area contributed by atoms with Gasteiger partial charge in [-0.1, -0.05) is 17.7 Å². The molecule has 0 bridgehead atoms. The van der Waals surface area contributed by atoms with Crippen molar-refractivity contribution < 1.29 is 22.4 Å². The number of fused-ring (bicyclic) bond motifs is 1. The van der Waals surface area contributed by atoms with Gasteiger partial charge in [-0.3, -0.25) is 13.4 Å². The van der Waals surface area contributed by atoms with Crippen molar-refractivity contribution in [1.82, 2.24) is 9.24 Å². The molecule has 8 heteroatoms. The lowest BCUT2D eigenvalue weighted by atomic mass is 10.0. The highest BCUT2D eigenvalue weighted by atomic mass is 31.2. The molecule has 166 valence electrons. The summed E-state index contributed by atoms with van der Waals surface area (Å²) in [4.78, 5) is 2.09. The Kier molecular flexibility index (Phi) is 6.05. The number of hydrogen-bond donors (Lipinski definition) is 0. The molecule has 2 heterocycles. The van der Waals surface area contributed by atoms with Crippen molar-refractivity contribution >= 4 is 18.6 Å². The summed E-state index contributed by atoms with van der Waals surface area (Å²) in [7, 11) is 0.287. The maximum Gasteiger partial charge on any atom is 0.439 e. The van der Waals surface area contributed by atoms with Crippen LogP contribution in [0.25, 0.3) is 10.9 Å². The molecule has 4 rings (SSSR count). The van der Waals surface area contributed by atoms with Crippen LogP contribution in [-0.4, -0.2) is 36.5 Å². The van der Waals surface area contributed by atoms with Crippen molar-refractivity contribution in [3.63, 3.8) is 0 Å². The van der Waals surface area contributed by atoms with E-state index >= 15 is 0 Å². The van der Waals surface area contributed by atoms with Gasteiger partial charge in [0, 0.05) is 24.5 Å². The summed E-state index contributed by atoms with van der Waals surface area (Å²) in [6, 6.07) is 8.60. The molecule has 3 aromatic rings. The van der Waals surface area contributed by atoms with Crippen LogP contribution in [0.2, 0.25) is 0 Å². The summed E-state index contributed by atoms with van der Waals surface area (Å²) in [6.07, 6.45) is 2.38. The zero-order valence-corrected chi connectivity index (χ0v) is 19.1. The van der Waals surface area contributed by atoms with Crippen LogP contribution in [-0.2, 0) is 20.0 Å². The van der Waals surface area contributed by atoms with Gasteiger partial charge < -0.3 is 4.90 Å². The Labute approximate surface area is 181 Å². The number of halogens is 2. The van der Waals surface area contributed by atoms with E-state index in [1.165, 1.54) is 6.92 Å². The molecule has 5 nitrogen and oxygen atoms in total. The van der Waals surface area contributed by atoms with Crippen molar-refractivity contribution in [2.24, 2.45) is 0 Å². The van der Waals surface area contributed by atoms with Crippen LogP contribution in [0.3, 0.4) is 0 Å². The van der Waals surface area contributed by atoms with Gasteiger partial charge in [0.1, 0.15) is 0 Å². The highest BCUT2D eigenvalue weighted by Gasteiger charge is 2.38. The topological polar surface area (TPSA) is 43.7 Å². The third-order valence-electron chi connectivity index (χ3n) is 5.61. The fraction of sp³-hybridized carbons (Fsp3) is 0.391. The van der Waals surface area contributed by atoms with E-state index in [0.717, 1.165) is 41.1 Å².